The highest BCUT2D eigenvalue weighted by Crippen LogP contribution is 1.93. The molecule has 0 aliphatic carbocycles. The zero-order chi connectivity index (χ0) is 10.1. The standard InChI is InChI=1S/C10H21N3/c1-4-7-13(8-5-6-11)10-9-12(2)3/h4-5,7-10H2,1-3H3. The third kappa shape index (κ3) is 7.76. The van der Waals surface area contributed by atoms with Gasteiger partial charge in [0, 0.05) is 26.1 Å². The molecule has 0 spiro atoms. The molecule has 0 aliphatic heterocycles. The van der Waals surface area contributed by atoms with E-state index in [9.17, 15) is 0 Å². The van der Waals surface area contributed by atoms with E-state index in [-0.39, 0.29) is 0 Å². The second-order valence-corrected chi connectivity index (χ2v) is 3.55. The average molecular weight is 183 g/mol. The smallest absolute Gasteiger partial charge is 0.0635 e. The maximum Gasteiger partial charge on any atom is 0.0635 e. The van der Waals surface area contributed by atoms with E-state index in [2.05, 4.69) is 36.9 Å². The first-order valence-corrected chi connectivity index (χ1v) is 4.94. The van der Waals surface area contributed by atoms with Crippen LogP contribution >= 0.6 is 0 Å². The molecule has 0 bridgehead atoms. The van der Waals surface area contributed by atoms with E-state index >= 15 is 0 Å². The zero-order valence-corrected chi connectivity index (χ0v) is 9.08. The molecule has 0 atom stereocenters. The first-order valence-electron chi connectivity index (χ1n) is 4.94. The molecule has 0 saturated carbocycles. The topological polar surface area (TPSA) is 30.3 Å². The minimum atomic E-state index is 0.646. The summed E-state index contributed by atoms with van der Waals surface area (Å²) in [7, 11) is 4.16. The molecule has 0 fully saturated rings. The first-order chi connectivity index (χ1) is 6.20. The molecule has 3 heteroatoms. The van der Waals surface area contributed by atoms with Crippen molar-refractivity contribution in [3.05, 3.63) is 0 Å². The van der Waals surface area contributed by atoms with E-state index in [1.54, 1.807) is 0 Å². The number of rotatable bonds is 7. The van der Waals surface area contributed by atoms with Crippen molar-refractivity contribution in [2.24, 2.45) is 0 Å². The molecule has 0 aromatic rings. The van der Waals surface area contributed by atoms with Gasteiger partial charge in [0.15, 0.2) is 0 Å². The lowest BCUT2D eigenvalue weighted by molar-refractivity contribution is 0.245. The van der Waals surface area contributed by atoms with Gasteiger partial charge in [0.25, 0.3) is 0 Å². The summed E-state index contributed by atoms with van der Waals surface area (Å²) in [5, 5.41) is 8.47. The number of likely N-dealkylation sites (N-methyl/N-ethyl adjacent to an activating group) is 1. The Morgan fingerprint density at radius 3 is 2.23 bits per heavy atom. The van der Waals surface area contributed by atoms with Crippen LogP contribution in [0.1, 0.15) is 19.8 Å². The molecule has 0 saturated heterocycles. The van der Waals surface area contributed by atoms with Crippen LogP contribution in [-0.2, 0) is 0 Å². The average Bonchev–Trinajstić information content (AvgIpc) is 2.09. The van der Waals surface area contributed by atoms with Gasteiger partial charge in [0.05, 0.1) is 6.07 Å². The van der Waals surface area contributed by atoms with Gasteiger partial charge in [-0.05, 0) is 27.1 Å². The molecule has 0 aromatic carbocycles. The molecule has 0 rings (SSSR count). The van der Waals surface area contributed by atoms with E-state index in [4.69, 9.17) is 5.26 Å². The van der Waals surface area contributed by atoms with Crippen molar-refractivity contribution in [1.29, 1.82) is 5.26 Å². The summed E-state index contributed by atoms with van der Waals surface area (Å²) in [5.74, 6) is 0. The van der Waals surface area contributed by atoms with Gasteiger partial charge in [-0.2, -0.15) is 5.26 Å². The van der Waals surface area contributed by atoms with Crippen molar-refractivity contribution in [3.63, 3.8) is 0 Å². The number of hydrogen-bond acceptors (Lipinski definition) is 3. The second kappa shape index (κ2) is 8.03. The molecule has 3 nitrogen and oxygen atoms in total. The van der Waals surface area contributed by atoms with E-state index in [0.29, 0.717) is 6.42 Å². The van der Waals surface area contributed by atoms with Crippen LogP contribution in [-0.4, -0.2) is 50.1 Å². The Balaban J connectivity index is 3.61. The van der Waals surface area contributed by atoms with Crippen molar-refractivity contribution < 1.29 is 0 Å². The van der Waals surface area contributed by atoms with Gasteiger partial charge in [-0.25, -0.2) is 0 Å². The van der Waals surface area contributed by atoms with Crippen LogP contribution in [0.2, 0.25) is 0 Å². The largest absolute Gasteiger partial charge is 0.308 e. The Hall–Kier alpha value is -0.590. The highest BCUT2D eigenvalue weighted by atomic mass is 15.2. The normalized spacial score (nSPS) is 10.8. The predicted octanol–water partition coefficient (Wildman–Crippen LogP) is 1.17. The minimum Gasteiger partial charge on any atom is -0.308 e. The third-order valence-electron chi connectivity index (χ3n) is 1.94. The highest BCUT2D eigenvalue weighted by molar-refractivity contribution is 4.72. The van der Waals surface area contributed by atoms with Gasteiger partial charge in [0.2, 0.25) is 0 Å². The summed E-state index contributed by atoms with van der Waals surface area (Å²) in [6.07, 6.45) is 1.81. The van der Waals surface area contributed by atoms with Crippen molar-refractivity contribution in [3.8, 4) is 6.07 Å². The monoisotopic (exact) mass is 183 g/mol. The van der Waals surface area contributed by atoms with Crippen LogP contribution in [0.15, 0.2) is 0 Å². The molecular formula is C10H21N3. The zero-order valence-electron chi connectivity index (χ0n) is 9.08. The molecule has 0 heterocycles. The molecule has 13 heavy (non-hydrogen) atoms. The van der Waals surface area contributed by atoms with Gasteiger partial charge in [-0.1, -0.05) is 6.92 Å². The van der Waals surface area contributed by atoms with Crippen molar-refractivity contribution in [2.45, 2.75) is 19.8 Å². The summed E-state index contributed by atoms with van der Waals surface area (Å²) < 4.78 is 0. The van der Waals surface area contributed by atoms with Crippen LogP contribution < -0.4 is 0 Å². The van der Waals surface area contributed by atoms with Gasteiger partial charge < -0.3 is 9.80 Å². The second-order valence-electron chi connectivity index (χ2n) is 3.55. The first kappa shape index (κ1) is 12.4. The predicted molar refractivity (Wildman–Crippen MR) is 55.5 cm³/mol. The van der Waals surface area contributed by atoms with E-state index in [0.717, 1.165) is 26.2 Å². The lowest BCUT2D eigenvalue weighted by Crippen LogP contribution is -2.33. The maximum atomic E-state index is 8.47. The number of nitriles is 1. The van der Waals surface area contributed by atoms with Crippen molar-refractivity contribution in [1.82, 2.24) is 9.80 Å². The molecule has 76 valence electrons. The van der Waals surface area contributed by atoms with Crippen molar-refractivity contribution in [2.75, 3.05) is 40.3 Å². The molecule has 0 aliphatic rings. The minimum absolute atomic E-state index is 0.646. The maximum absolute atomic E-state index is 8.47. The molecule has 0 N–H and O–H groups in total. The fourth-order valence-electron chi connectivity index (χ4n) is 1.20. The fraction of sp³-hybridized carbons (Fsp3) is 0.900. The van der Waals surface area contributed by atoms with Crippen LogP contribution in [0.5, 0.6) is 0 Å². The van der Waals surface area contributed by atoms with Crippen LogP contribution in [0.4, 0.5) is 0 Å². The van der Waals surface area contributed by atoms with Crippen LogP contribution in [0.25, 0.3) is 0 Å². The van der Waals surface area contributed by atoms with Crippen LogP contribution in [0, 0.1) is 11.3 Å². The molecule has 0 amide bonds. The van der Waals surface area contributed by atoms with Gasteiger partial charge in [0.1, 0.15) is 0 Å². The summed E-state index contributed by atoms with van der Waals surface area (Å²) in [6.45, 7) is 6.34. The van der Waals surface area contributed by atoms with Gasteiger partial charge in [-0.3, -0.25) is 0 Å². The molecule has 0 aromatic heterocycles. The van der Waals surface area contributed by atoms with E-state index in [1.807, 2.05) is 0 Å². The fourth-order valence-corrected chi connectivity index (χ4v) is 1.20. The van der Waals surface area contributed by atoms with Gasteiger partial charge >= 0.3 is 0 Å². The molecular weight excluding hydrogens is 162 g/mol. The quantitative estimate of drug-likeness (QED) is 0.593. The summed E-state index contributed by atoms with van der Waals surface area (Å²) in [6, 6.07) is 2.19. The number of hydrogen-bond donors (Lipinski definition) is 0. The summed E-state index contributed by atoms with van der Waals surface area (Å²) in [5.41, 5.74) is 0. The lowest BCUT2D eigenvalue weighted by Gasteiger charge is -2.22. The number of nitrogens with zero attached hydrogens (tertiary/aromatic N) is 3. The Kier molecular flexibility index (Phi) is 7.66. The van der Waals surface area contributed by atoms with Gasteiger partial charge in [-0.15, -0.1) is 0 Å². The SMILES string of the molecule is CCCN(CCC#N)CCN(C)C. The highest BCUT2D eigenvalue weighted by Gasteiger charge is 2.02. The summed E-state index contributed by atoms with van der Waals surface area (Å²) in [4.78, 5) is 4.53. The Morgan fingerprint density at radius 2 is 1.77 bits per heavy atom. The molecule has 0 unspecified atom stereocenters. The third-order valence-corrected chi connectivity index (χ3v) is 1.94. The Morgan fingerprint density at radius 1 is 1.08 bits per heavy atom. The molecule has 0 radical (unpaired) electrons. The Bertz CT molecular complexity index is 149. The Labute approximate surface area is 81.9 Å². The van der Waals surface area contributed by atoms with E-state index in [1.165, 1.54) is 6.42 Å². The van der Waals surface area contributed by atoms with Crippen LogP contribution in [0.3, 0.4) is 0 Å². The van der Waals surface area contributed by atoms with Crippen molar-refractivity contribution >= 4 is 0 Å². The summed E-state index contributed by atoms with van der Waals surface area (Å²) >= 11 is 0. The van der Waals surface area contributed by atoms with E-state index < -0.39 is 0 Å². The lowest BCUT2D eigenvalue weighted by atomic mass is 10.3.